The molecule has 2 aromatic heterocycles. The SMILES string of the molecule is COc1cccc2c(NC(=O)C(C)n3cncn3)c(C)cnc12. The molecule has 0 saturated carbocycles. The number of methoxy groups -OCH3 is 1. The zero-order chi connectivity index (χ0) is 16.4. The maximum absolute atomic E-state index is 12.5. The molecule has 0 spiro atoms. The van der Waals surface area contributed by atoms with Gasteiger partial charge in [0.25, 0.3) is 0 Å². The Balaban J connectivity index is 1.99. The summed E-state index contributed by atoms with van der Waals surface area (Å²) in [4.78, 5) is 20.8. The van der Waals surface area contributed by atoms with Crippen molar-refractivity contribution in [3.8, 4) is 5.75 Å². The smallest absolute Gasteiger partial charge is 0.249 e. The van der Waals surface area contributed by atoms with E-state index in [1.165, 1.54) is 17.3 Å². The Kier molecular flexibility index (Phi) is 3.92. The lowest BCUT2D eigenvalue weighted by atomic mass is 10.1. The van der Waals surface area contributed by atoms with Crippen molar-refractivity contribution in [2.24, 2.45) is 0 Å². The van der Waals surface area contributed by atoms with Crippen molar-refractivity contribution in [2.45, 2.75) is 19.9 Å². The predicted molar refractivity (Wildman–Crippen MR) is 86.4 cm³/mol. The molecule has 0 bridgehead atoms. The molecule has 0 aliphatic carbocycles. The van der Waals surface area contributed by atoms with Gasteiger partial charge in [0.05, 0.1) is 12.8 Å². The third kappa shape index (κ3) is 2.73. The summed E-state index contributed by atoms with van der Waals surface area (Å²) in [7, 11) is 1.60. The molecule has 1 unspecified atom stereocenters. The zero-order valence-electron chi connectivity index (χ0n) is 13.1. The number of para-hydroxylation sites is 1. The summed E-state index contributed by atoms with van der Waals surface area (Å²) in [5.74, 6) is 0.497. The van der Waals surface area contributed by atoms with E-state index in [1.54, 1.807) is 20.2 Å². The summed E-state index contributed by atoms with van der Waals surface area (Å²) < 4.78 is 6.84. The first-order chi connectivity index (χ1) is 11.1. The van der Waals surface area contributed by atoms with Crippen LogP contribution in [0.5, 0.6) is 5.75 Å². The van der Waals surface area contributed by atoms with Crippen molar-refractivity contribution in [2.75, 3.05) is 12.4 Å². The number of carbonyl (C=O) groups is 1. The van der Waals surface area contributed by atoms with E-state index in [9.17, 15) is 4.79 Å². The van der Waals surface area contributed by atoms with Crippen LogP contribution in [0.25, 0.3) is 10.9 Å². The van der Waals surface area contributed by atoms with Crippen LogP contribution in [0.2, 0.25) is 0 Å². The molecule has 3 rings (SSSR count). The van der Waals surface area contributed by atoms with Crippen LogP contribution in [-0.4, -0.2) is 32.8 Å². The van der Waals surface area contributed by atoms with Gasteiger partial charge in [-0.15, -0.1) is 0 Å². The zero-order valence-corrected chi connectivity index (χ0v) is 13.1. The summed E-state index contributed by atoms with van der Waals surface area (Å²) in [6.07, 6.45) is 4.65. The van der Waals surface area contributed by atoms with Crippen LogP contribution in [0.4, 0.5) is 5.69 Å². The van der Waals surface area contributed by atoms with Gasteiger partial charge in [0.2, 0.25) is 5.91 Å². The van der Waals surface area contributed by atoms with Gasteiger partial charge in [0.15, 0.2) is 0 Å². The standard InChI is InChI=1S/C16H17N5O2/c1-10-7-18-15-12(5-4-6-13(15)23-3)14(10)20-16(22)11(2)21-9-17-8-19-21/h4-9,11H,1-3H3,(H,18,20,22). The van der Waals surface area contributed by atoms with Crippen LogP contribution >= 0.6 is 0 Å². The molecular formula is C16H17N5O2. The quantitative estimate of drug-likeness (QED) is 0.799. The number of carbonyl (C=O) groups excluding carboxylic acids is 1. The van der Waals surface area contributed by atoms with E-state index in [1.807, 2.05) is 25.1 Å². The maximum atomic E-state index is 12.5. The van der Waals surface area contributed by atoms with Gasteiger partial charge < -0.3 is 10.1 Å². The number of ether oxygens (including phenoxy) is 1. The van der Waals surface area contributed by atoms with E-state index in [0.29, 0.717) is 11.3 Å². The van der Waals surface area contributed by atoms with Gasteiger partial charge in [0, 0.05) is 11.6 Å². The molecule has 7 heteroatoms. The number of pyridine rings is 1. The number of aromatic nitrogens is 4. The van der Waals surface area contributed by atoms with Crippen LogP contribution in [0.1, 0.15) is 18.5 Å². The lowest BCUT2D eigenvalue weighted by Gasteiger charge is -2.16. The Morgan fingerprint density at radius 1 is 1.39 bits per heavy atom. The topological polar surface area (TPSA) is 81.9 Å². The molecule has 1 atom stereocenters. The maximum Gasteiger partial charge on any atom is 0.249 e. The fourth-order valence-corrected chi connectivity index (χ4v) is 2.39. The summed E-state index contributed by atoms with van der Waals surface area (Å²) in [5, 5.41) is 7.81. The molecule has 0 radical (unpaired) electrons. The number of hydrogen-bond acceptors (Lipinski definition) is 5. The van der Waals surface area contributed by atoms with Crippen LogP contribution in [0.3, 0.4) is 0 Å². The number of hydrogen-bond donors (Lipinski definition) is 1. The number of benzene rings is 1. The van der Waals surface area contributed by atoms with Gasteiger partial charge in [0.1, 0.15) is 30.0 Å². The summed E-state index contributed by atoms with van der Waals surface area (Å²) >= 11 is 0. The molecule has 23 heavy (non-hydrogen) atoms. The molecule has 0 aliphatic rings. The van der Waals surface area contributed by atoms with E-state index in [-0.39, 0.29) is 5.91 Å². The summed E-state index contributed by atoms with van der Waals surface area (Å²) in [5.41, 5.74) is 2.32. The van der Waals surface area contributed by atoms with Gasteiger partial charge in [-0.2, -0.15) is 5.10 Å². The molecule has 0 aliphatic heterocycles. The first kappa shape index (κ1) is 15.0. The van der Waals surface area contributed by atoms with Crippen LogP contribution < -0.4 is 10.1 Å². The average Bonchev–Trinajstić information content (AvgIpc) is 3.10. The van der Waals surface area contributed by atoms with Gasteiger partial charge >= 0.3 is 0 Å². The second-order valence-electron chi connectivity index (χ2n) is 5.21. The highest BCUT2D eigenvalue weighted by molar-refractivity contribution is 6.04. The average molecular weight is 311 g/mol. The number of anilines is 1. The van der Waals surface area contributed by atoms with Crippen LogP contribution in [0.15, 0.2) is 37.1 Å². The Hall–Kier alpha value is -2.96. The lowest BCUT2D eigenvalue weighted by molar-refractivity contribution is -0.119. The number of fused-ring (bicyclic) bond motifs is 1. The van der Waals surface area contributed by atoms with Gasteiger partial charge in [-0.05, 0) is 25.5 Å². The van der Waals surface area contributed by atoms with Crippen molar-refractivity contribution in [3.63, 3.8) is 0 Å². The molecule has 3 aromatic rings. The minimum absolute atomic E-state index is 0.172. The molecule has 1 N–H and O–H groups in total. The highest BCUT2D eigenvalue weighted by Crippen LogP contribution is 2.31. The van der Waals surface area contributed by atoms with E-state index in [0.717, 1.165) is 16.6 Å². The van der Waals surface area contributed by atoms with Crippen molar-refractivity contribution in [3.05, 3.63) is 42.6 Å². The van der Waals surface area contributed by atoms with Gasteiger partial charge in [-0.3, -0.25) is 9.78 Å². The molecule has 7 nitrogen and oxygen atoms in total. The van der Waals surface area contributed by atoms with Crippen molar-refractivity contribution in [1.82, 2.24) is 19.7 Å². The molecule has 118 valence electrons. The number of rotatable bonds is 4. The Morgan fingerprint density at radius 2 is 2.22 bits per heavy atom. The second kappa shape index (κ2) is 6.04. The summed E-state index contributed by atoms with van der Waals surface area (Å²) in [6, 6.07) is 5.16. The largest absolute Gasteiger partial charge is 0.494 e. The number of nitrogens with zero attached hydrogens (tertiary/aromatic N) is 4. The minimum atomic E-state index is -0.467. The van der Waals surface area contributed by atoms with E-state index in [4.69, 9.17) is 4.74 Å². The lowest BCUT2D eigenvalue weighted by Crippen LogP contribution is -2.24. The highest BCUT2D eigenvalue weighted by Gasteiger charge is 2.18. The first-order valence-corrected chi connectivity index (χ1v) is 7.19. The monoisotopic (exact) mass is 311 g/mol. The van der Waals surface area contributed by atoms with Crippen molar-refractivity contribution < 1.29 is 9.53 Å². The Bertz CT molecular complexity index is 845. The molecule has 0 fully saturated rings. The van der Waals surface area contributed by atoms with Crippen LogP contribution in [0, 0.1) is 6.92 Å². The van der Waals surface area contributed by atoms with Gasteiger partial charge in [-0.25, -0.2) is 9.67 Å². The van der Waals surface area contributed by atoms with E-state index < -0.39 is 6.04 Å². The number of nitrogens with one attached hydrogen (secondary N) is 1. The minimum Gasteiger partial charge on any atom is -0.494 e. The van der Waals surface area contributed by atoms with Crippen molar-refractivity contribution in [1.29, 1.82) is 0 Å². The molecule has 2 heterocycles. The first-order valence-electron chi connectivity index (χ1n) is 7.19. The molecule has 1 amide bonds. The van der Waals surface area contributed by atoms with E-state index >= 15 is 0 Å². The predicted octanol–water partition coefficient (Wildman–Crippen LogP) is 2.34. The Morgan fingerprint density at radius 3 is 2.91 bits per heavy atom. The van der Waals surface area contributed by atoms with Crippen LogP contribution in [-0.2, 0) is 4.79 Å². The number of amides is 1. The van der Waals surface area contributed by atoms with Crippen molar-refractivity contribution >= 4 is 22.5 Å². The van der Waals surface area contributed by atoms with E-state index in [2.05, 4.69) is 20.4 Å². The number of aryl methyl sites for hydroxylation is 1. The molecular weight excluding hydrogens is 294 g/mol. The fourth-order valence-electron chi connectivity index (χ4n) is 2.39. The fraction of sp³-hybridized carbons (Fsp3) is 0.250. The Labute approximate surface area is 133 Å². The third-order valence-electron chi connectivity index (χ3n) is 3.73. The van der Waals surface area contributed by atoms with Gasteiger partial charge in [-0.1, -0.05) is 12.1 Å². The summed E-state index contributed by atoms with van der Waals surface area (Å²) in [6.45, 7) is 3.67. The normalized spacial score (nSPS) is 12.1. The molecule has 0 saturated heterocycles. The highest BCUT2D eigenvalue weighted by atomic mass is 16.5. The third-order valence-corrected chi connectivity index (χ3v) is 3.73. The second-order valence-corrected chi connectivity index (χ2v) is 5.21. The molecule has 1 aromatic carbocycles.